The standard InChI is InChI=1S/C20H29FN4O.C6H12O2/c1-24-10-5-20(6-11-24)7-12-25(13-8-20)9-3-2-4-18-19(23-16-26)14-17(21)15-22-18;1-4-6(2,3)8-5-7/h2,4,14-16H,3,5-13H2,1H3,(H,23,26);5H,4H2,1-3H3/b4-2-;. The Morgan fingerprint density at radius 2 is 1.82 bits per heavy atom. The van der Waals surface area contributed by atoms with Crippen LogP contribution < -0.4 is 5.32 Å². The number of nitrogens with one attached hydrogen (secondary N) is 1. The fourth-order valence-corrected chi connectivity index (χ4v) is 4.27. The van der Waals surface area contributed by atoms with E-state index < -0.39 is 5.82 Å². The molecule has 2 fully saturated rings. The van der Waals surface area contributed by atoms with Gasteiger partial charge in [0.05, 0.1) is 17.6 Å². The van der Waals surface area contributed by atoms with E-state index in [0.29, 0.717) is 29.7 Å². The molecular weight excluding hydrogens is 435 g/mol. The molecule has 0 unspecified atom stereocenters. The number of amides is 1. The maximum absolute atomic E-state index is 13.2. The zero-order chi connectivity index (χ0) is 25.0. The second-order valence-electron chi connectivity index (χ2n) is 10.0. The second-order valence-corrected chi connectivity index (χ2v) is 10.0. The van der Waals surface area contributed by atoms with Crippen LogP contribution in [-0.2, 0) is 14.3 Å². The maximum Gasteiger partial charge on any atom is 0.293 e. The number of nitrogens with zero attached hydrogens (tertiary/aromatic N) is 3. The lowest BCUT2D eigenvalue weighted by Gasteiger charge is -2.46. The van der Waals surface area contributed by atoms with Crippen molar-refractivity contribution in [2.24, 2.45) is 5.41 Å². The van der Waals surface area contributed by atoms with Crippen molar-refractivity contribution in [2.45, 2.75) is 64.9 Å². The number of hydrogen-bond donors (Lipinski definition) is 1. The molecule has 0 saturated carbocycles. The highest BCUT2D eigenvalue weighted by molar-refractivity contribution is 5.76. The molecule has 0 aromatic carbocycles. The van der Waals surface area contributed by atoms with Crippen molar-refractivity contribution in [3.05, 3.63) is 29.9 Å². The van der Waals surface area contributed by atoms with Gasteiger partial charge in [0, 0.05) is 12.6 Å². The largest absolute Gasteiger partial charge is 0.462 e. The lowest BCUT2D eigenvalue weighted by molar-refractivity contribution is -0.140. The Hall–Kier alpha value is -2.32. The van der Waals surface area contributed by atoms with E-state index in [1.807, 2.05) is 26.8 Å². The average molecular weight is 477 g/mol. The number of rotatable bonds is 9. The van der Waals surface area contributed by atoms with Crippen LogP contribution in [0.1, 0.15) is 65.0 Å². The first-order valence-electron chi connectivity index (χ1n) is 12.3. The first-order chi connectivity index (χ1) is 16.2. The van der Waals surface area contributed by atoms with Crippen molar-refractivity contribution >= 4 is 24.6 Å². The predicted octanol–water partition coefficient (Wildman–Crippen LogP) is 4.35. The summed E-state index contributed by atoms with van der Waals surface area (Å²) in [6.45, 7) is 12.1. The van der Waals surface area contributed by atoms with Crippen molar-refractivity contribution < 1.29 is 18.7 Å². The second kappa shape index (κ2) is 13.5. The van der Waals surface area contributed by atoms with E-state index in [1.165, 1.54) is 64.1 Å². The molecular formula is C26H41FN4O3. The molecule has 3 heterocycles. The van der Waals surface area contributed by atoms with E-state index in [4.69, 9.17) is 4.74 Å². The van der Waals surface area contributed by atoms with Crippen LogP contribution in [0.4, 0.5) is 10.1 Å². The highest BCUT2D eigenvalue weighted by atomic mass is 19.1. The van der Waals surface area contributed by atoms with Crippen LogP contribution in [-0.4, -0.2) is 73.0 Å². The van der Waals surface area contributed by atoms with Gasteiger partial charge in [0.1, 0.15) is 11.4 Å². The molecule has 1 N–H and O–H groups in total. The average Bonchev–Trinajstić information content (AvgIpc) is 2.82. The number of anilines is 1. The summed E-state index contributed by atoms with van der Waals surface area (Å²) in [5.74, 6) is -0.456. The Morgan fingerprint density at radius 3 is 2.38 bits per heavy atom. The summed E-state index contributed by atoms with van der Waals surface area (Å²) >= 11 is 0. The molecule has 0 bridgehead atoms. The molecule has 34 heavy (non-hydrogen) atoms. The van der Waals surface area contributed by atoms with Crippen LogP contribution in [0.5, 0.6) is 0 Å². The van der Waals surface area contributed by atoms with Gasteiger partial charge in [-0.15, -0.1) is 0 Å². The van der Waals surface area contributed by atoms with Crippen LogP contribution in [0, 0.1) is 11.2 Å². The third-order valence-corrected chi connectivity index (χ3v) is 7.17. The molecule has 7 nitrogen and oxygen atoms in total. The highest BCUT2D eigenvalue weighted by Gasteiger charge is 2.36. The molecule has 3 rings (SSSR count). The fraction of sp³-hybridized carbons (Fsp3) is 0.654. The molecule has 2 saturated heterocycles. The summed E-state index contributed by atoms with van der Waals surface area (Å²) in [6.07, 6.45) is 12.7. The highest BCUT2D eigenvalue weighted by Crippen LogP contribution is 2.40. The monoisotopic (exact) mass is 476 g/mol. The van der Waals surface area contributed by atoms with Crippen LogP contribution in [0.15, 0.2) is 18.3 Å². The van der Waals surface area contributed by atoms with Gasteiger partial charge in [0.15, 0.2) is 0 Å². The minimum atomic E-state index is -0.456. The smallest absolute Gasteiger partial charge is 0.293 e. The number of hydrogen-bond acceptors (Lipinski definition) is 6. The summed E-state index contributed by atoms with van der Waals surface area (Å²) in [4.78, 5) is 29.4. The van der Waals surface area contributed by atoms with E-state index in [-0.39, 0.29) is 5.60 Å². The first kappa shape index (κ1) is 27.9. The molecule has 2 aliphatic rings. The van der Waals surface area contributed by atoms with Gasteiger partial charge in [-0.05, 0) is 97.1 Å². The number of piperidine rings is 2. The quantitative estimate of drug-likeness (QED) is 0.534. The fourth-order valence-electron chi connectivity index (χ4n) is 4.27. The van der Waals surface area contributed by atoms with Gasteiger partial charge in [0.25, 0.3) is 6.47 Å². The minimum absolute atomic E-state index is 0.276. The Balaban J connectivity index is 0.000000440. The van der Waals surface area contributed by atoms with Crippen molar-refractivity contribution in [1.29, 1.82) is 0 Å². The normalized spacial score (nSPS) is 18.9. The molecule has 1 amide bonds. The predicted molar refractivity (Wildman–Crippen MR) is 134 cm³/mol. The molecule has 1 aromatic heterocycles. The van der Waals surface area contributed by atoms with E-state index in [2.05, 4.69) is 33.2 Å². The van der Waals surface area contributed by atoms with Crippen LogP contribution >= 0.6 is 0 Å². The van der Waals surface area contributed by atoms with E-state index >= 15 is 0 Å². The maximum atomic E-state index is 13.2. The Kier molecular flexibility index (Phi) is 11.1. The van der Waals surface area contributed by atoms with E-state index in [1.54, 1.807) is 0 Å². The molecule has 0 atom stereocenters. The van der Waals surface area contributed by atoms with Crippen molar-refractivity contribution in [3.63, 3.8) is 0 Å². The van der Waals surface area contributed by atoms with Crippen LogP contribution in [0.2, 0.25) is 0 Å². The summed E-state index contributed by atoms with van der Waals surface area (Å²) in [6, 6.07) is 1.28. The Bertz CT molecular complexity index is 797. The van der Waals surface area contributed by atoms with Gasteiger partial charge in [-0.3, -0.25) is 14.6 Å². The van der Waals surface area contributed by atoms with Crippen molar-refractivity contribution in [2.75, 3.05) is 45.1 Å². The number of aromatic nitrogens is 1. The molecule has 8 heteroatoms. The summed E-state index contributed by atoms with van der Waals surface area (Å²) in [7, 11) is 2.22. The zero-order valence-electron chi connectivity index (χ0n) is 21.2. The molecule has 0 radical (unpaired) electrons. The molecule has 1 spiro atoms. The van der Waals surface area contributed by atoms with Crippen molar-refractivity contribution in [3.8, 4) is 0 Å². The summed E-state index contributed by atoms with van der Waals surface area (Å²) < 4.78 is 17.9. The van der Waals surface area contributed by atoms with E-state index in [9.17, 15) is 14.0 Å². The third-order valence-electron chi connectivity index (χ3n) is 7.17. The number of carbonyl (C=O) groups is 2. The van der Waals surface area contributed by atoms with Gasteiger partial charge in [0.2, 0.25) is 6.41 Å². The van der Waals surface area contributed by atoms with E-state index in [0.717, 1.165) is 19.4 Å². The number of pyridine rings is 1. The lowest BCUT2D eigenvalue weighted by Crippen LogP contribution is -2.46. The number of carbonyl (C=O) groups excluding carboxylic acids is 2. The van der Waals surface area contributed by atoms with Gasteiger partial charge < -0.3 is 19.9 Å². The number of likely N-dealkylation sites (tertiary alicyclic amines) is 2. The van der Waals surface area contributed by atoms with Gasteiger partial charge in [-0.1, -0.05) is 13.0 Å². The lowest BCUT2D eigenvalue weighted by atomic mass is 9.71. The van der Waals surface area contributed by atoms with Crippen LogP contribution in [0.3, 0.4) is 0 Å². The van der Waals surface area contributed by atoms with Gasteiger partial charge in [-0.2, -0.15) is 0 Å². The third kappa shape index (κ3) is 9.14. The number of ether oxygens (including phenoxy) is 1. The molecule has 1 aromatic rings. The Labute approximate surface area is 203 Å². The summed E-state index contributed by atoms with van der Waals surface area (Å²) in [5.41, 5.74) is 1.30. The zero-order valence-corrected chi connectivity index (χ0v) is 21.2. The first-order valence-corrected chi connectivity index (χ1v) is 12.3. The van der Waals surface area contributed by atoms with Gasteiger partial charge in [-0.25, -0.2) is 4.39 Å². The van der Waals surface area contributed by atoms with Crippen LogP contribution in [0.25, 0.3) is 6.08 Å². The number of halogens is 1. The van der Waals surface area contributed by atoms with Gasteiger partial charge >= 0.3 is 0 Å². The molecule has 2 aliphatic heterocycles. The van der Waals surface area contributed by atoms with Crippen molar-refractivity contribution in [1.82, 2.24) is 14.8 Å². The Morgan fingerprint density at radius 1 is 1.18 bits per heavy atom. The molecule has 0 aliphatic carbocycles. The minimum Gasteiger partial charge on any atom is -0.462 e. The molecule has 190 valence electrons. The topological polar surface area (TPSA) is 74.8 Å². The summed E-state index contributed by atoms with van der Waals surface area (Å²) in [5, 5.41) is 2.50. The SMILES string of the molecule is CCC(C)(C)OC=O.CN1CCC2(CC1)CCN(CC/C=C\c1ncc(F)cc1NC=O)CC2.